The molecule has 2 aromatic heterocycles. The van der Waals surface area contributed by atoms with Crippen molar-refractivity contribution in [1.82, 2.24) is 15.6 Å². The van der Waals surface area contributed by atoms with Gasteiger partial charge >= 0.3 is 0 Å². The molecule has 0 radical (unpaired) electrons. The molecule has 0 unspecified atom stereocenters. The Labute approximate surface area is 156 Å². The molecule has 1 aromatic carbocycles. The maximum absolute atomic E-state index is 12.6. The van der Waals surface area contributed by atoms with Gasteiger partial charge in [0.15, 0.2) is 0 Å². The quantitative estimate of drug-likeness (QED) is 0.661. The molecule has 6 heteroatoms. The lowest BCUT2D eigenvalue weighted by molar-refractivity contribution is -0.117. The van der Waals surface area contributed by atoms with Crippen molar-refractivity contribution in [2.75, 3.05) is 0 Å². The predicted octanol–water partition coefficient (Wildman–Crippen LogP) is 3.07. The molecule has 0 atom stereocenters. The van der Waals surface area contributed by atoms with Crippen LogP contribution >= 0.6 is 0 Å². The zero-order chi connectivity index (χ0) is 19.1. The lowest BCUT2D eigenvalue weighted by atomic mass is 10.1. The summed E-state index contributed by atoms with van der Waals surface area (Å²) >= 11 is 0. The van der Waals surface area contributed by atoms with Gasteiger partial charge in [-0.3, -0.25) is 14.6 Å². The Balaban J connectivity index is 1.75. The fourth-order valence-electron chi connectivity index (χ4n) is 2.34. The van der Waals surface area contributed by atoms with Crippen LogP contribution < -0.4 is 10.6 Å². The molecule has 2 amide bonds. The maximum Gasteiger partial charge on any atom is 0.268 e. The Morgan fingerprint density at radius 1 is 1.07 bits per heavy atom. The van der Waals surface area contributed by atoms with Crippen LogP contribution in [0.5, 0.6) is 0 Å². The first-order valence-electron chi connectivity index (χ1n) is 8.43. The van der Waals surface area contributed by atoms with E-state index < -0.39 is 5.91 Å². The molecule has 3 rings (SSSR count). The highest BCUT2D eigenvalue weighted by Gasteiger charge is 2.15. The Hall–Kier alpha value is -3.67. The standard InChI is InChI=1S/C21H19N3O3/c1-15-7-9-16(10-8-15)20(25)24-19(13-18-6-4-12-27-18)21(26)23-14-17-5-2-3-11-22-17/h2-13H,14H2,1H3,(H,23,26)(H,24,25)/b19-13-. The van der Waals surface area contributed by atoms with E-state index >= 15 is 0 Å². The third-order valence-corrected chi connectivity index (χ3v) is 3.79. The maximum atomic E-state index is 12.6. The first-order chi connectivity index (χ1) is 13.1. The summed E-state index contributed by atoms with van der Waals surface area (Å²) in [6.45, 7) is 2.19. The summed E-state index contributed by atoms with van der Waals surface area (Å²) < 4.78 is 5.26. The summed E-state index contributed by atoms with van der Waals surface area (Å²) in [5.74, 6) is -0.347. The van der Waals surface area contributed by atoms with Crippen LogP contribution in [0.4, 0.5) is 0 Å². The highest BCUT2D eigenvalue weighted by Crippen LogP contribution is 2.09. The van der Waals surface area contributed by atoms with Crippen LogP contribution in [-0.4, -0.2) is 16.8 Å². The highest BCUT2D eigenvalue weighted by molar-refractivity contribution is 6.05. The molecule has 0 aliphatic heterocycles. The molecule has 0 saturated heterocycles. The molecular formula is C21H19N3O3. The minimum atomic E-state index is -0.433. The normalized spacial score (nSPS) is 11.1. The molecule has 2 N–H and O–H groups in total. The SMILES string of the molecule is Cc1ccc(C(=O)N/C(=C\c2ccco2)C(=O)NCc2ccccn2)cc1. The van der Waals surface area contributed by atoms with Crippen molar-refractivity contribution in [3.63, 3.8) is 0 Å². The van der Waals surface area contributed by atoms with Gasteiger partial charge in [0, 0.05) is 17.8 Å². The van der Waals surface area contributed by atoms with Crippen molar-refractivity contribution < 1.29 is 14.0 Å². The average Bonchev–Trinajstić information content (AvgIpc) is 3.20. The van der Waals surface area contributed by atoms with Crippen LogP contribution in [0, 0.1) is 6.92 Å². The Morgan fingerprint density at radius 2 is 1.89 bits per heavy atom. The smallest absolute Gasteiger partial charge is 0.268 e. The van der Waals surface area contributed by atoms with E-state index in [0.717, 1.165) is 5.56 Å². The number of rotatable bonds is 6. The van der Waals surface area contributed by atoms with Crippen molar-refractivity contribution >= 4 is 17.9 Å². The number of pyridine rings is 1. The summed E-state index contributed by atoms with van der Waals surface area (Å²) in [4.78, 5) is 29.3. The second-order valence-corrected chi connectivity index (χ2v) is 5.90. The average molecular weight is 361 g/mol. The number of hydrogen-bond acceptors (Lipinski definition) is 4. The number of benzene rings is 1. The number of nitrogens with one attached hydrogen (secondary N) is 2. The summed E-state index contributed by atoms with van der Waals surface area (Å²) in [6.07, 6.45) is 4.64. The number of aromatic nitrogens is 1. The van der Waals surface area contributed by atoms with Crippen LogP contribution in [0.2, 0.25) is 0 Å². The van der Waals surface area contributed by atoms with Crippen LogP contribution in [0.15, 0.2) is 77.2 Å². The summed E-state index contributed by atoms with van der Waals surface area (Å²) in [7, 11) is 0. The zero-order valence-electron chi connectivity index (χ0n) is 14.8. The first kappa shape index (κ1) is 18.1. The van der Waals surface area contributed by atoms with Gasteiger partial charge in [0.05, 0.1) is 18.5 Å². The third kappa shape index (κ3) is 5.15. The van der Waals surface area contributed by atoms with Gasteiger partial charge in [-0.2, -0.15) is 0 Å². The zero-order valence-corrected chi connectivity index (χ0v) is 14.8. The molecule has 6 nitrogen and oxygen atoms in total. The van der Waals surface area contributed by atoms with Gasteiger partial charge in [0.25, 0.3) is 11.8 Å². The van der Waals surface area contributed by atoms with Gasteiger partial charge in [-0.05, 0) is 43.3 Å². The molecule has 0 bridgehead atoms. The molecule has 0 saturated carbocycles. The van der Waals surface area contributed by atoms with Crippen molar-refractivity contribution in [3.8, 4) is 0 Å². The predicted molar refractivity (Wildman–Crippen MR) is 101 cm³/mol. The molecule has 0 aliphatic rings. The van der Waals surface area contributed by atoms with Crippen molar-refractivity contribution in [1.29, 1.82) is 0 Å². The molecular weight excluding hydrogens is 342 g/mol. The molecule has 0 fully saturated rings. The number of carbonyl (C=O) groups excluding carboxylic acids is 2. The lowest BCUT2D eigenvalue weighted by Crippen LogP contribution is -2.34. The van der Waals surface area contributed by atoms with Gasteiger partial charge in [-0.15, -0.1) is 0 Å². The van der Waals surface area contributed by atoms with E-state index in [4.69, 9.17) is 4.42 Å². The highest BCUT2D eigenvalue weighted by atomic mass is 16.3. The fourth-order valence-corrected chi connectivity index (χ4v) is 2.34. The first-order valence-corrected chi connectivity index (χ1v) is 8.43. The van der Waals surface area contributed by atoms with E-state index in [-0.39, 0.29) is 18.1 Å². The van der Waals surface area contributed by atoms with E-state index in [9.17, 15) is 9.59 Å². The van der Waals surface area contributed by atoms with Crippen molar-refractivity contribution in [2.24, 2.45) is 0 Å². The summed E-state index contributed by atoms with van der Waals surface area (Å²) in [5.41, 5.74) is 2.31. The van der Waals surface area contributed by atoms with Gasteiger partial charge in [0.1, 0.15) is 11.5 Å². The fraction of sp³-hybridized carbons (Fsp3) is 0.0952. The second kappa shape index (κ2) is 8.62. The van der Waals surface area contributed by atoms with E-state index in [2.05, 4.69) is 15.6 Å². The third-order valence-electron chi connectivity index (χ3n) is 3.79. The largest absolute Gasteiger partial charge is 0.465 e. The number of carbonyl (C=O) groups is 2. The molecule has 136 valence electrons. The van der Waals surface area contributed by atoms with Crippen LogP contribution in [0.3, 0.4) is 0 Å². The minimum Gasteiger partial charge on any atom is -0.465 e. The van der Waals surface area contributed by atoms with Crippen molar-refractivity contribution in [2.45, 2.75) is 13.5 Å². The van der Waals surface area contributed by atoms with E-state index in [0.29, 0.717) is 17.0 Å². The number of amides is 2. The number of furan rings is 1. The second-order valence-electron chi connectivity index (χ2n) is 5.90. The lowest BCUT2D eigenvalue weighted by Gasteiger charge is -2.11. The molecule has 3 aromatic rings. The topological polar surface area (TPSA) is 84.2 Å². The van der Waals surface area contributed by atoms with Crippen molar-refractivity contribution in [3.05, 3.63) is 95.3 Å². The Bertz CT molecular complexity index is 931. The van der Waals surface area contributed by atoms with Crippen LogP contribution in [-0.2, 0) is 11.3 Å². The van der Waals surface area contributed by atoms with Crippen LogP contribution in [0.25, 0.3) is 6.08 Å². The van der Waals surface area contributed by atoms with Crippen LogP contribution in [0.1, 0.15) is 27.4 Å². The van der Waals surface area contributed by atoms with E-state index in [1.807, 2.05) is 25.1 Å². The number of aryl methyl sites for hydroxylation is 1. The Kier molecular flexibility index (Phi) is 5.79. The van der Waals surface area contributed by atoms with Gasteiger partial charge < -0.3 is 15.1 Å². The molecule has 27 heavy (non-hydrogen) atoms. The molecule has 2 heterocycles. The Morgan fingerprint density at radius 3 is 2.56 bits per heavy atom. The van der Waals surface area contributed by atoms with E-state index in [1.165, 1.54) is 12.3 Å². The minimum absolute atomic E-state index is 0.0893. The van der Waals surface area contributed by atoms with Gasteiger partial charge in [0.2, 0.25) is 0 Å². The number of hydrogen-bond donors (Lipinski definition) is 2. The summed E-state index contributed by atoms with van der Waals surface area (Å²) in [5, 5.41) is 5.41. The van der Waals surface area contributed by atoms with Gasteiger partial charge in [-0.1, -0.05) is 23.8 Å². The molecule has 0 spiro atoms. The van der Waals surface area contributed by atoms with Gasteiger partial charge in [-0.25, -0.2) is 0 Å². The number of nitrogens with zero attached hydrogens (tertiary/aromatic N) is 1. The molecule has 0 aliphatic carbocycles. The summed E-state index contributed by atoms with van der Waals surface area (Å²) in [6, 6.07) is 15.9. The monoisotopic (exact) mass is 361 g/mol. The van der Waals surface area contributed by atoms with E-state index in [1.54, 1.807) is 42.6 Å².